The SMILES string of the molecule is CC(C)c1noc(CN2CCCCC2CCC(=O)O)n1. The Morgan fingerprint density at radius 1 is 1.50 bits per heavy atom. The van der Waals surface area contributed by atoms with Crippen molar-refractivity contribution < 1.29 is 14.4 Å². The summed E-state index contributed by atoms with van der Waals surface area (Å²) in [5.41, 5.74) is 0. The van der Waals surface area contributed by atoms with Crippen molar-refractivity contribution in [2.24, 2.45) is 0 Å². The molecule has 1 atom stereocenters. The van der Waals surface area contributed by atoms with Crippen molar-refractivity contribution in [1.29, 1.82) is 0 Å². The van der Waals surface area contributed by atoms with Gasteiger partial charge in [-0.05, 0) is 25.8 Å². The first kappa shape index (κ1) is 15.0. The van der Waals surface area contributed by atoms with Crippen LogP contribution in [0.5, 0.6) is 0 Å². The number of aromatic nitrogens is 2. The van der Waals surface area contributed by atoms with E-state index in [1.54, 1.807) is 0 Å². The second-order valence-electron chi connectivity index (χ2n) is 5.75. The lowest BCUT2D eigenvalue weighted by atomic mass is 9.98. The molecule has 0 radical (unpaired) electrons. The number of carboxylic acid groups (broad SMARTS) is 1. The number of rotatable bonds is 6. The van der Waals surface area contributed by atoms with E-state index in [1.165, 1.54) is 6.42 Å². The summed E-state index contributed by atoms with van der Waals surface area (Å²) in [5, 5.41) is 12.8. The van der Waals surface area contributed by atoms with Gasteiger partial charge in [-0.1, -0.05) is 25.4 Å². The summed E-state index contributed by atoms with van der Waals surface area (Å²) in [6.45, 7) is 5.67. The number of likely N-dealkylation sites (tertiary alicyclic amines) is 1. The molecule has 112 valence electrons. The van der Waals surface area contributed by atoms with Crippen molar-refractivity contribution >= 4 is 5.97 Å². The first-order chi connectivity index (χ1) is 9.56. The van der Waals surface area contributed by atoms with Gasteiger partial charge >= 0.3 is 5.97 Å². The van der Waals surface area contributed by atoms with Gasteiger partial charge in [0.15, 0.2) is 5.82 Å². The Morgan fingerprint density at radius 3 is 2.95 bits per heavy atom. The minimum Gasteiger partial charge on any atom is -0.481 e. The Morgan fingerprint density at radius 2 is 2.30 bits per heavy atom. The zero-order valence-electron chi connectivity index (χ0n) is 12.2. The topological polar surface area (TPSA) is 79.5 Å². The fourth-order valence-electron chi connectivity index (χ4n) is 2.63. The summed E-state index contributed by atoms with van der Waals surface area (Å²) in [6, 6.07) is 0.314. The minimum atomic E-state index is -0.726. The van der Waals surface area contributed by atoms with Crippen LogP contribution in [0, 0.1) is 0 Å². The summed E-state index contributed by atoms with van der Waals surface area (Å²) in [6.07, 6.45) is 4.29. The van der Waals surface area contributed by atoms with Crippen molar-refractivity contribution in [2.75, 3.05) is 6.54 Å². The predicted octanol–water partition coefficient (Wildman–Crippen LogP) is 2.41. The molecule has 0 spiro atoms. The summed E-state index contributed by atoms with van der Waals surface area (Å²) < 4.78 is 5.28. The summed E-state index contributed by atoms with van der Waals surface area (Å²) in [5.74, 6) is 0.905. The number of hydrogen-bond acceptors (Lipinski definition) is 5. The van der Waals surface area contributed by atoms with Crippen molar-refractivity contribution in [2.45, 2.75) is 64.5 Å². The van der Waals surface area contributed by atoms with E-state index >= 15 is 0 Å². The first-order valence-electron chi connectivity index (χ1n) is 7.34. The van der Waals surface area contributed by atoms with E-state index in [-0.39, 0.29) is 12.3 Å². The van der Waals surface area contributed by atoms with Crippen LogP contribution >= 0.6 is 0 Å². The minimum absolute atomic E-state index is 0.224. The third-order valence-corrected chi connectivity index (χ3v) is 3.78. The van der Waals surface area contributed by atoms with E-state index < -0.39 is 5.97 Å². The molecule has 1 fully saturated rings. The maximum atomic E-state index is 10.7. The van der Waals surface area contributed by atoms with Crippen LogP contribution in [0.25, 0.3) is 0 Å². The van der Waals surface area contributed by atoms with Crippen molar-refractivity contribution in [1.82, 2.24) is 15.0 Å². The fraction of sp³-hybridized carbons (Fsp3) is 0.786. The molecule has 1 N–H and O–H groups in total. The second-order valence-corrected chi connectivity index (χ2v) is 5.75. The Bertz CT molecular complexity index is 445. The van der Waals surface area contributed by atoms with E-state index in [9.17, 15) is 4.79 Å². The summed E-state index contributed by atoms with van der Waals surface area (Å²) in [7, 11) is 0. The van der Waals surface area contributed by atoms with Crippen LogP contribution < -0.4 is 0 Å². The Kier molecular flexibility index (Phi) is 5.11. The number of nitrogens with zero attached hydrogens (tertiary/aromatic N) is 3. The van der Waals surface area contributed by atoms with Crippen molar-refractivity contribution in [3.8, 4) is 0 Å². The van der Waals surface area contributed by atoms with Gasteiger partial charge in [0.05, 0.1) is 6.54 Å². The van der Waals surface area contributed by atoms with Crippen LogP contribution in [0.2, 0.25) is 0 Å². The molecule has 2 heterocycles. The summed E-state index contributed by atoms with van der Waals surface area (Å²) in [4.78, 5) is 17.4. The molecule has 1 aromatic rings. The number of carboxylic acids is 1. The quantitative estimate of drug-likeness (QED) is 0.862. The molecule has 20 heavy (non-hydrogen) atoms. The van der Waals surface area contributed by atoms with Gasteiger partial charge in [0.25, 0.3) is 0 Å². The van der Waals surface area contributed by atoms with Gasteiger partial charge in [0.2, 0.25) is 5.89 Å². The number of hydrogen-bond donors (Lipinski definition) is 1. The second kappa shape index (κ2) is 6.83. The van der Waals surface area contributed by atoms with Crippen molar-refractivity contribution in [3.63, 3.8) is 0 Å². The van der Waals surface area contributed by atoms with Gasteiger partial charge in [-0.2, -0.15) is 4.98 Å². The lowest BCUT2D eigenvalue weighted by molar-refractivity contribution is -0.137. The molecule has 2 rings (SSSR count). The Hall–Kier alpha value is -1.43. The summed E-state index contributed by atoms with van der Waals surface area (Å²) >= 11 is 0. The molecule has 0 bridgehead atoms. The van der Waals surface area contributed by atoms with E-state index in [1.807, 2.05) is 13.8 Å². The zero-order chi connectivity index (χ0) is 14.5. The average Bonchev–Trinajstić information content (AvgIpc) is 2.86. The van der Waals surface area contributed by atoms with Crippen LogP contribution in [0.3, 0.4) is 0 Å². The highest BCUT2D eigenvalue weighted by Crippen LogP contribution is 2.23. The van der Waals surface area contributed by atoms with Crippen molar-refractivity contribution in [3.05, 3.63) is 11.7 Å². The molecule has 1 unspecified atom stereocenters. The number of carbonyl (C=O) groups is 1. The molecular weight excluding hydrogens is 258 g/mol. The molecule has 0 aliphatic carbocycles. The normalized spacial score (nSPS) is 20.4. The molecule has 6 heteroatoms. The fourth-order valence-corrected chi connectivity index (χ4v) is 2.63. The highest BCUT2D eigenvalue weighted by atomic mass is 16.5. The van der Waals surface area contributed by atoms with Gasteiger partial charge in [-0.15, -0.1) is 0 Å². The van der Waals surface area contributed by atoms with Crippen LogP contribution in [0.1, 0.15) is 63.6 Å². The van der Waals surface area contributed by atoms with Crippen LogP contribution in [0.15, 0.2) is 4.52 Å². The molecule has 1 aromatic heterocycles. The van der Waals surface area contributed by atoms with E-state index in [0.717, 1.165) is 25.2 Å². The molecule has 1 saturated heterocycles. The number of piperidine rings is 1. The van der Waals surface area contributed by atoms with Gasteiger partial charge in [-0.25, -0.2) is 0 Å². The third kappa shape index (κ3) is 4.03. The van der Waals surface area contributed by atoms with Gasteiger partial charge < -0.3 is 9.63 Å². The molecule has 1 aliphatic heterocycles. The molecule has 6 nitrogen and oxygen atoms in total. The van der Waals surface area contributed by atoms with Gasteiger partial charge in [0, 0.05) is 18.4 Å². The molecular formula is C14H23N3O3. The Labute approximate surface area is 119 Å². The van der Waals surface area contributed by atoms with Crippen LogP contribution in [-0.2, 0) is 11.3 Å². The smallest absolute Gasteiger partial charge is 0.303 e. The predicted molar refractivity (Wildman–Crippen MR) is 73.3 cm³/mol. The first-order valence-corrected chi connectivity index (χ1v) is 7.34. The van der Waals surface area contributed by atoms with Crippen LogP contribution in [0.4, 0.5) is 0 Å². The lowest BCUT2D eigenvalue weighted by Gasteiger charge is -2.34. The van der Waals surface area contributed by atoms with Gasteiger partial charge in [0.1, 0.15) is 0 Å². The molecule has 1 aliphatic rings. The van der Waals surface area contributed by atoms with E-state index in [0.29, 0.717) is 24.9 Å². The largest absolute Gasteiger partial charge is 0.481 e. The third-order valence-electron chi connectivity index (χ3n) is 3.78. The zero-order valence-corrected chi connectivity index (χ0v) is 12.2. The van der Waals surface area contributed by atoms with Crippen LogP contribution in [-0.4, -0.2) is 38.7 Å². The molecule has 0 amide bonds. The average molecular weight is 281 g/mol. The lowest BCUT2D eigenvalue weighted by Crippen LogP contribution is -2.39. The maximum absolute atomic E-state index is 10.7. The standard InChI is InChI=1S/C14H23N3O3/c1-10(2)14-15-12(20-16-14)9-17-8-4-3-5-11(17)6-7-13(18)19/h10-11H,3-9H2,1-2H3,(H,18,19). The monoisotopic (exact) mass is 281 g/mol. The maximum Gasteiger partial charge on any atom is 0.303 e. The van der Waals surface area contributed by atoms with E-state index in [2.05, 4.69) is 15.0 Å². The molecule has 0 saturated carbocycles. The Balaban J connectivity index is 1.95. The number of aliphatic carboxylic acids is 1. The van der Waals surface area contributed by atoms with E-state index in [4.69, 9.17) is 9.63 Å². The highest BCUT2D eigenvalue weighted by molar-refractivity contribution is 5.66. The highest BCUT2D eigenvalue weighted by Gasteiger charge is 2.25. The van der Waals surface area contributed by atoms with Gasteiger partial charge in [-0.3, -0.25) is 9.69 Å². The molecule has 0 aromatic carbocycles.